The molecule has 0 atom stereocenters. The van der Waals surface area contributed by atoms with E-state index < -0.39 is 0 Å². The molecule has 0 saturated carbocycles. The molecule has 0 radical (unpaired) electrons. The van der Waals surface area contributed by atoms with Gasteiger partial charge in [0, 0.05) is 20.1 Å². The first-order valence-electron chi connectivity index (χ1n) is 6.57. The molecule has 1 aromatic heterocycles. The van der Waals surface area contributed by atoms with Gasteiger partial charge in [-0.25, -0.2) is 0 Å². The lowest BCUT2D eigenvalue weighted by Crippen LogP contribution is -2.26. The predicted octanol–water partition coefficient (Wildman–Crippen LogP) is 2.61. The van der Waals surface area contributed by atoms with Gasteiger partial charge < -0.3 is 14.2 Å². The van der Waals surface area contributed by atoms with Crippen molar-refractivity contribution >= 4 is 5.91 Å². The second-order valence-electron chi connectivity index (χ2n) is 5.18. The molecule has 0 unspecified atom stereocenters. The molecule has 0 fully saturated rings. The Balaban J connectivity index is 2.11. The number of rotatable bonds is 5. The van der Waals surface area contributed by atoms with Gasteiger partial charge in [-0.2, -0.15) is 0 Å². The van der Waals surface area contributed by atoms with Gasteiger partial charge in [-0.15, -0.1) is 0 Å². The van der Waals surface area contributed by atoms with Gasteiger partial charge in [-0.3, -0.25) is 4.79 Å². The van der Waals surface area contributed by atoms with E-state index in [9.17, 15) is 4.79 Å². The topological polar surface area (TPSA) is 36.7 Å². The van der Waals surface area contributed by atoms with E-state index in [1.807, 2.05) is 33.3 Å². The van der Waals surface area contributed by atoms with Crippen LogP contribution in [0.4, 0.5) is 0 Å². The van der Waals surface area contributed by atoms with Crippen LogP contribution in [0, 0.1) is 0 Å². The maximum absolute atomic E-state index is 12.2. The smallest absolute Gasteiger partial charge is 0.257 e. The summed E-state index contributed by atoms with van der Waals surface area (Å²) in [7, 11) is 5.88. The Kier molecular flexibility index (Phi) is 4.58. The van der Waals surface area contributed by atoms with E-state index in [2.05, 4.69) is 17.0 Å². The molecule has 1 amide bonds. The maximum atomic E-state index is 12.2. The van der Waals surface area contributed by atoms with Crippen LogP contribution < -0.4 is 0 Å². The monoisotopic (exact) mass is 272 g/mol. The Morgan fingerprint density at radius 2 is 1.70 bits per heavy atom. The van der Waals surface area contributed by atoms with Crippen LogP contribution in [-0.2, 0) is 13.1 Å². The molecule has 106 valence electrons. The van der Waals surface area contributed by atoms with Gasteiger partial charge in [0.2, 0.25) is 0 Å². The van der Waals surface area contributed by atoms with Crippen molar-refractivity contribution in [3.05, 3.63) is 59.5 Å². The third-order valence-electron chi connectivity index (χ3n) is 3.13. The maximum Gasteiger partial charge on any atom is 0.257 e. The lowest BCUT2D eigenvalue weighted by atomic mass is 10.1. The van der Waals surface area contributed by atoms with Crippen LogP contribution in [0.15, 0.2) is 47.3 Å². The number of hydrogen-bond acceptors (Lipinski definition) is 3. The number of furan rings is 1. The van der Waals surface area contributed by atoms with Gasteiger partial charge in [0.25, 0.3) is 5.91 Å². The highest BCUT2D eigenvalue weighted by Gasteiger charge is 2.14. The highest BCUT2D eigenvalue weighted by atomic mass is 16.3. The number of nitrogens with zero attached hydrogens (tertiary/aromatic N) is 2. The molecule has 0 aliphatic rings. The van der Waals surface area contributed by atoms with Gasteiger partial charge >= 0.3 is 0 Å². The molecule has 1 aromatic carbocycles. The molecule has 4 heteroatoms. The zero-order valence-electron chi connectivity index (χ0n) is 12.2. The summed E-state index contributed by atoms with van der Waals surface area (Å²) in [4.78, 5) is 16.0. The van der Waals surface area contributed by atoms with E-state index in [1.54, 1.807) is 11.0 Å². The summed E-state index contributed by atoms with van der Waals surface area (Å²) in [5, 5.41) is 0. The quantitative estimate of drug-likeness (QED) is 0.839. The van der Waals surface area contributed by atoms with Gasteiger partial charge in [-0.1, -0.05) is 24.3 Å². The first-order chi connectivity index (χ1) is 9.58. The Morgan fingerprint density at radius 3 is 2.25 bits per heavy atom. The third kappa shape index (κ3) is 3.48. The molecule has 1 heterocycles. The summed E-state index contributed by atoms with van der Waals surface area (Å²) >= 11 is 0. The summed E-state index contributed by atoms with van der Waals surface area (Å²) < 4.78 is 4.96. The highest BCUT2D eigenvalue weighted by molar-refractivity contribution is 5.93. The molecule has 0 aliphatic carbocycles. The second kappa shape index (κ2) is 6.39. The Labute approximate surface area is 119 Å². The number of carbonyl (C=O) groups excluding carboxylic acids is 1. The van der Waals surface area contributed by atoms with E-state index in [1.165, 1.54) is 23.7 Å². The molecule has 2 aromatic rings. The van der Waals surface area contributed by atoms with Crippen molar-refractivity contribution in [2.45, 2.75) is 13.1 Å². The van der Waals surface area contributed by atoms with Crippen LogP contribution in [0.25, 0.3) is 0 Å². The summed E-state index contributed by atoms with van der Waals surface area (Å²) in [6.07, 6.45) is 2.99. The molecule has 0 spiro atoms. The first kappa shape index (κ1) is 14.3. The second-order valence-corrected chi connectivity index (χ2v) is 5.18. The summed E-state index contributed by atoms with van der Waals surface area (Å²) in [6.45, 7) is 1.46. The van der Waals surface area contributed by atoms with Crippen molar-refractivity contribution in [1.29, 1.82) is 0 Å². The van der Waals surface area contributed by atoms with Gasteiger partial charge in [-0.05, 0) is 31.3 Å². The number of amides is 1. The van der Waals surface area contributed by atoms with Crippen molar-refractivity contribution in [2.75, 3.05) is 21.1 Å². The van der Waals surface area contributed by atoms with E-state index >= 15 is 0 Å². The van der Waals surface area contributed by atoms with Crippen LogP contribution in [0.5, 0.6) is 0 Å². The average molecular weight is 272 g/mol. The van der Waals surface area contributed by atoms with E-state index in [4.69, 9.17) is 4.42 Å². The van der Waals surface area contributed by atoms with Crippen LogP contribution in [0.3, 0.4) is 0 Å². The molecule has 0 N–H and O–H groups in total. The summed E-state index contributed by atoms with van der Waals surface area (Å²) in [6, 6.07) is 9.89. The third-order valence-corrected chi connectivity index (χ3v) is 3.13. The normalized spacial score (nSPS) is 10.8. The number of carbonyl (C=O) groups is 1. The molecule has 4 nitrogen and oxygen atoms in total. The van der Waals surface area contributed by atoms with Crippen molar-refractivity contribution in [2.24, 2.45) is 0 Å². The van der Waals surface area contributed by atoms with E-state index in [-0.39, 0.29) is 5.91 Å². The zero-order valence-corrected chi connectivity index (χ0v) is 12.2. The molecule has 2 rings (SSSR count). The Bertz CT molecular complexity index is 562. The Hall–Kier alpha value is -2.07. The molecule has 20 heavy (non-hydrogen) atoms. The Morgan fingerprint density at radius 1 is 1.05 bits per heavy atom. The molecular weight excluding hydrogens is 252 g/mol. The highest BCUT2D eigenvalue weighted by Crippen LogP contribution is 2.14. The van der Waals surface area contributed by atoms with Crippen molar-refractivity contribution in [1.82, 2.24) is 9.80 Å². The van der Waals surface area contributed by atoms with E-state index in [0.29, 0.717) is 12.1 Å². The lowest BCUT2D eigenvalue weighted by Gasteiger charge is -2.20. The fraction of sp³-hybridized carbons (Fsp3) is 0.312. The molecular formula is C16H20N2O2. The van der Waals surface area contributed by atoms with Crippen LogP contribution >= 0.6 is 0 Å². The largest absolute Gasteiger partial charge is 0.472 e. The van der Waals surface area contributed by atoms with Crippen LogP contribution in [-0.4, -0.2) is 36.9 Å². The van der Waals surface area contributed by atoms with Gasteiger partial charge in [0.1, 0.15) is 6.26 Å². The first-order valence-corrected chi connectivity index (χ1v) is 6.57. The number of benzene rings is 1. The molecule has 0 aliphatic heterocycles. The standard InChI is InChI=1S/C16H20N2O2/c1-17(2)10-13-6-4-5-7-14(13)11-18(3)16(19)15-8-9-20-12-15/h4-9,12H,10-11H2,1-3H3. The van der Waals surface area contributed by atoms with Gasteiger partial charge in [0.05, 0.1) is 11.8 Å². The summed E-state index contributed by atoms with van der Waals surface area (Å²) in [5.74, 6) is -0.0293. The van der Waals surface area contributed by atoms with Crippen LogP contribution in [0.1, 0.15) is 21.5 Å². The number of hydrogen-bond donors (Lipinski definition) is 0. The summed E-state index contributed by atoms with van der Waals surface area (Å²) in [5.41, 5.74) is 2.99. The SMILES string of the molecule is CN(C)Cc1ccccc1CN(C)C(=O)c1ccoc1. The minimum Gasteiger partial charge on any atom is -0.472 e. The van der Waals surface area contributed by atoms with E-state index in [0.717, 1.165) is 6.54 Å². The minimum atomic E-state index is -0.0293. The minimum absolute atomic E-state index is 0.0293. The van der Waals surface area contributed by atoms with Crippen molar-refractivity contribution in [3.63, 3.8) is 0 Å². The lowest BCUT2D eigenvalue weighted by molar-refractivity contribution is 0.0784. The average Bonchev–Trinajstić information content (AvgIpc) is 2.93. The van der Waals surface area contributed by atoms with Crippen molar-refractivity contribution in [3.8, 4) is 0 Å². The van der Waals surface area contributed by atoms with Crippen LogP contribution in [0.2, 0.25) is 0 Å². The predicted molar refractivity (Wildman–Crippen MR) is 78.3 cm³/mol. The molecule has 0 saturated heterocycles. The fourth-order valence-electron chi connectivity index (χ4n) is 2.14. The molecule has 0 bridgehead atoms. The zero-order chi connectivity index (χ0) is 14.5. The van der Waals surface area contributed by atoms with Gasteiger partial charge in [0.15, 0.2) is 0 Å². The fourth-order valence-corrected chi connectivity index (χ4v) is 2.14. The van der Waals surface area contributed by atoms with Crippen molar-refractivity contribution < 1.29 is 9.21 Å².